The minimum Gasteiger partial charge on any atom is -0.547 e. The van der Waals surface area contributed by atoms with Crippen molar-refractivity contribution in [2.24, 2.45) is 4.99 Å². The van der Waals surface area contributed by atoms with Crippen LogP contribution in [0, 0.1) is 0 Å². The molecule has 2 rings (SSSR count). The topological polar surface area (TPSA) is 113 Å². The number of carboxylic acids is 1. The Morgan fingerprint density at radius 2 is 2.00 bits per heavy atom. The van der Waals surface area contributed by atoms with Crippen LogP contribution in [0.5, 0.6) is 5.75 Å². The van der Waals surface area contributed by atoms with Gasteiger partial charge in [-0.3, -0.25) is 4.99 Å². The summed E-state index contributed by atoms with van der Waals surface area (Å²) in [5, 5.41) is 21.8. The van der Waals surface area contributed by atoms with Gasteiger partial charge < -0.3 is 29.2 Å². The number of nitrogens with zero attached hydrogens (tertiary/aromatic N) is 2. The van der Waals surface area contributed by atoms with E-state index in [1.807, 2.05) is 0 Å². The number of aromatic hydroxyl groups is 1. The summed E-state index contributed by atoms with van der Waals surface area (Å²) in [5.41, 5.74) is -0.0992. The van der Waals surface area contributed by atoms with Crippen molar-refractivity contribution < 1.29 is 29.2 Å². The summed E-state index contributed by atoms with van der Waals surface area (Å²) >= 11 is 1.25. The predicted octanol–water partition coefficient (Wildman–Crippen LogP) is 0.401. The number of rotatable bonds is 12. The van der Waals surface area contributed by atoms with Gasteiger partial charge in [0.1, 0.15) is 22.0 Å². The van der Waals surface area contributed by atoms with Crippen molar-refractivity contribution in [3.05, 3.63) is 23.5 Å². The number of aliphatic carboxylic acids is 1. The highest BCUT2D eigenvalue weighted by molar-refractivity contribution is 8.14. The Hall–Kier alpha value is -1.68. The SMILES string of the molecule is COCCOCCOCCCc1cnc(C2=N[C@@](C)(C(=O)[O-])CS2)c(O)c1. The lowest BCUT2D eigenvalue weighted by Crippen LogP contribution is -2.45. The van der Waals surface area contributed by atoms with Crippen LogP contribution in [0.1, 0.15) is 24.6 Å². The number of carbonyl (C=O) groups excluding carboxylic acids is 1. The quantitative estimate of drug-likeness (QED) is 0.504. The summed E-state index contributed by atoms with van der Waals surface area (Å²) in [6, 6.07) is 1.63. The van der Waals surface area contributed by atoms with Crippen molar-refractivity contribution in [3.8, 4) is 5.75 Å². The fraction of sp³-hybridized carbons (Fsp3) is 0.611. The molecule has 8 nitrogen and oxygen atoms in total. The van der Waals surface area contributed by atoms with Crippen LogP contribution in [0.2, 0.25) is 0 Å². The summed E-state index contributed by atoms with van der Waals surface area (Å²) in [4.78, 5) is 19.6. The summed E-state index contributed by atoms with van der Waals surface area (Å²) < 4.78 is 15.7. The number of methoxy groups -OCH3 is 1. The molecule has 0 aromatic carbocycles. The van der Waals surface area contributed by atoms with Crippen molar-refractivity contribution in [1.82, 2.24) is 4.98 Å². The zero-order chi connectivity index (χ0) is 19.7. The molecule has 0 fully saturated rings. The minimum absolute atomic E-state index is 0.00573. The molecule has 0 amide bonds. The van der Waals surface area contributed by atoms with E-state index in [0.29, 0.717) is 50.2 Å². The lowest BCUT2D eigenvalue weighted by molar-refractivity contribution is -0.311. The van der Waals surface area contributed by atoms with E-state index < -0.39 is 11.5 Å². The maximum atomic E-state index is 11.2. The Bertz CT molecular complexity index is 669. The average Bonchev–Trinajstić information content (AvgIpc) is 3.04. The van der Waals surface area contributed by atoms with Crippen molar-refractivity contribution in [1.29, 1.82) is 0 Å². The first kappa shape index (κ1) is 21.6. The number of ether oxygens (including phenoxy) is 3. The molecule has 1 aromatic rings. The van der Waals surface area contributed by atoms with Gasteiger partial charge in [0.2, 0.25) is 0 Å². The summed E-state index contributed by atoms with van der Waals surface area (Å²) in [6.45, 7) is 4.27. The second kappa shape index (κ2) is 10.6. The van der Waals surface area contributed by atoms with E-state index in [4.69, 9.17) is 14.2 Å². The fourth-order valence-corrected chi connectivity index (χ4v) is 3.52. The van der Waals surface area contributed by atoms with Gasteiger partial charge in [-0.25, -0.2) is 4.98 Å². The monoisotopic (exact) mass is 397 g/mol. The van der Waals surface area contributed by atoms with Gasteiger partial charge in [-0.2, -0.15) is 0 Å². The number of hydrogen-bond donors (Lipinski definition) is 1. The molecule has 27 heavy (non-hydrogen) atoms. The standard InChI is InChI=1S/C18H26N2O6S/c1-18(17(22)23)12-27-16(20-18)15-14(21)10-13(11-19-15)4-3-5-25-8-9-26-7-6-24-2/h10-11,21H,3-9,12H2,1-2H3,(H,22,23)/p-1/t18-/m1/s1. The molecule has 0 saturated carbocycles. The highest BCUT2D eigenvalue weighted by Gasteiger charge is 2.33. The maximum absolute atomic E-state index is 11.2. The van der Waals surface area contributed by atoms with Crippen LogP contribution in [0.3, 0.4) is 0 Å². The molecule has 0 radical (unpaired) electrons. The third kappa shape index (κ3) is 6.46. The number of aryl methyl sites for hydroxylation is 1. The van der Waals surface area contributed by atoms with E-state index in [1.165, 1.54) is 18.7 Å². The normalized spacial score (nSPS) is 19.3. The minimum atomic E-state index is -1.28. The molecule has 0 unspecified atom stereocenters. The Kier molecular flexibility index (Phi) is 8.49. The lowest BCUT2D eigenvalue weighted by Gasteiger charge is -2.19. The van der Waals surface area contributed by atoms with Gasteiger partial charge in [-0.05, 0) is 31.4 Å². The van der Waals surface area contributed by atoms with Crippen LogP contribution >= 0.6 is 11.8 Å². The molecule has 2 heterocycles. The van der Waals surface area contributed by atoms with E-state index in [0.717, 1.165) is 12.0 Å². The van der Waals surface area contributed by atoms with Crippen LogP contribution in [-0.2, 0) is 25.4 Å². The van der Waals surface area contributed by atoms with Crippen molar-refractivity contribution in [2.45, 2.75) is 25.3 Å². The lowest BCUT2D eigenvalue weighted by atomic mass is 10.1. The van der Waals surface area contributed by atoms with Gasteiger partial charge in [-0.15, -0.1) is 11.8 Å². The molecular weight excluding hydrogens is 372 g/mol. The Morgan fingerprint density at radius 1 is 1.30 bits per heavy atom. The van der Waals surface area contributed by atoms with Crippen LogP contribution < -0.4 is 5.11 Å². The van der Waals surface area contributed by atoms with E-state index in [2.05, 4.69) is 9.98 Å². The molecular formula is C18H25N2O6S-. The van der Waals surface area contributed by atoms with Crippen molar-refractivity contribution >= 4 is 22.8 Å². The average molecular weight is 397 g/mol. The fourth-order valence-electron chi connectivity index (χ4n) is 2.36. The first-order valence-electron chi connectivity index (χ1n) is 8.73. The van der Waals surface area contributed by atoms with Crippen molar-refractivity contribution in [2.75, 3.05) is 45.9 Å². The van der Waals surface area contributed by atoms with Gasteiger partial charge in [0.05, 0.1) is 32.4 Å². The smallest absolute Gasteiger partial charge is 0.144 e. The number of carbonyl (C=O) groups is 1. The largest absolute Gasteiger partial charge is 0.547 e. The second-order valence-electron chi connectivity index (χ2n) is 6.30. The highest BCUT2D eigenvalue weighted by Crippen LogP contribution is 2.33. The van der Waals surface area contributed by atoms with E-state index >= 15 is 0 Å². The number of thioether (sulfide) groups is 1. The Labute approximate surface area is 162 Å². The van der Waals surface area contributed by atoms with Crippen LogP contribution in [0.25, 0.3) is 0 Å². The second-order valence-corrected chi connectivity index (χ2v) is 7.26. The zero-order valence-corrected chi connectivity index (χ0v) is 16.4. The van der Waals surface area contributed by atoms with Crippen LogP contribution in [-0.4, -0.2) is 72.5 Å². The molecule has 0 bridgehead atoms. The van der Waals surface area contributed by atoms with E-state index in [1.54, 1.807) is 19.4 Å². The predicted molar refractivity (Wildman–Crippen MR) is 100 cm³/mol. The summed E-state index contributed by atoms with van der Waals surface area (Å²) in [7, 11) is 1.63. The molecule has 0 aliphatic carbocycles. The van der Waals surface area contributed by atoms with Crippen molar-refractivity contribution in [3.63, 3.8) is 0 Å². The molecule has 1 aliphatic rings. The highest BCUT2D eigenvalue weighted by atomic mass is 32.2. The summed E-state index contributed by atoms with van der Waals surface area (Å²) in [6.07, 6.45) is 3.17. The van der Waals surface area contributed by atoms with Gasteiger partial charge in [0, 0.05) is 25.7 Å². The number of aromatic nitrogens is 1. The first-order valence-corrected chi connectivity index (χ1v) is 9.71. The maximum Gasteiger partial charge on any atom is 0.144 e. The molecule has 1 atom stereocenters. The van der Waals surface area contributed by atoms with E-state index in [-0.39, 0.29) is 11.5 Å². The van der Waals surface area contributed by atoms with Crippen LogP contribution in [0.4, 0.5) is 0 Å². The number of carboxylic acid groups (broad SMARTS) is 1. The van der Waals surface area contributed by atoms with Gasteiger partial charge in [-0.1, -0.05) is 0 Å². The van der Waals surface area contributed by atoms with Crippen LogP contribution in [0.15, 0.2) is 17.3 Å². The molecule has 9 heteroatoms. The van der Waals surface area contributed by atoms with Gasteiger partial charge in [0.15, 0.2) is 0 Å². The molecule has 0 saturated heterocycles. The Balaban J connectivity index is 1.76. The van der Waals surface area contributed by atoms with Gasteiger partial charge in [0.25, 0.3) is 0 Å². The molecule has 0 spiro atoms. The number of hydrogen-bond acceptors (Lipinski definition) is 9. The van der Waals surface area contributed by atoms with Gasteiger partial charge >= 0.3 is 0 Å². The molecule has 1 N–H and O–H groups in total. The summed E-state index contributed by atoms with van der Waals surface area (Å²) in [5.74, 6) is -0.973. The Morgan fingerprint density at radius 3 is 2.63 bits per heavy atom. The zero-order valence-electron chi connectivity index (χ0n) is 15.6. The van der Waals surface area contributed by atoms with E-state index in [9.17, 15) is 15.0 Å². The number of aliphatic imine (C=N–C) groups is 1. The first-order chi connectivity index (χ1) is 13.0. The molecule has 1 aliphatic heterocycles. The number of pyridine rings is 1. The molecule has 150 valence electrons. The molecule has 1 aromatic heterocycles. The third-order valence-corrected chi connectivity index (χ3v) is 5.23. The third-order valence-electron chi connectivity index (χ3n) is 3.96.